The van der Waals surface area contributed by atoms with Crippen LogP contribution in [0.25, 0.3) is 5.57 Å². The van der Waals surface area contributed by atoms with Gasteiger partial charge >= 0.3 is 0 Å². The third-order valence-electron chi connectivity index (χ3n) is 7.18. The normalized spacial score (nSPS) is 23.1. The van der Waals surface area contributed by atoms with Gasteiger partial charge in [-0.3, -0.25) is 14.5 Å². The lowest BCUT2D eigenvalue weighted by Crippen LogP contribution is -2.45. The van der Waals surface area contributed by atoms with Crippen LogP contribution in [0.2, 0.25) is 0 Å². The van der Waals surface area contributed by atoms with E-state index in [1.54, 1.807) is 4.90 Å². The lowest BCUT2D eigenvalue weighted by molar-refractivity contribution is -0.140. The Morgan fingerprint density at radius 2 is 1.43 bits per heavy atom. The predicted molar refractivity (Wildman–Crippen MR) is 120 cm³/mol. The highest BCUT2D eigenvalue weighted by Crippen LogP contribution is 2.36. The fourth-order valence-corrected chi connectivity index (χ4v) is 5.32. The molecule has 3 aliphatic rings. The maximum absolute atomic E-state index is 13.7. The summed E-state index contributed by atoms with van der Waals surface area (Å²) in [5, 5.41) is 0. The minimum absolute atomic E-state index is 0.0346. The number of nitrogens with zero attached hydrogens (tertiary/aromatic N) is 3. The number of hydrogen-bond acceptors (Lipinski definition) is 4. The Morgan fingerprint density at radius 1 is 0.833 bits per heavy atom. The summed E-state index contributed by atoms with van der Waals surface area (Å²) in [5.41, 5.74) is 2.07. The van der Waals surface area contributed by atoms with Crippen LogP contribution in [0.3, 0.4) is 0 Å². The summed E-state index contributed by atoms with van der Waals surface area (Å²) in [4.78, 5) is 33.5. The summed E-state index contributed by atoms with van der Waals surface area (Å²) < 4.78 is 0. The first-order chi connectivity index (χ1) is 14.6. The van der Waals surface area contributed by atoms with Crippen LogP contribution < -0.4 is 0 Å². The Bertz CT molecular complexity index is 788. The molecular formula is C25H35N3O2. The van der Waals surface area contributed by atoms with E-state index in [1.165, 1.54) is 19.3 Å². The summed E-state index contributed by atoms with van der Waals surface area (Å²) in [6, 6.07) is 10.1. The number of piperidine rings is 1. The minimum Gasteiger partial charge on any atom is -0.366 e. The number of likely N-dealkylation sites (tertiary alicyclic amines) is 1. The summed E-state index contributed by atoms with van der Waals surface area (Å²) in [5.74, 6) is -0.169. The van der Waals surface area contributed by atoms with E-state index in [0.717, 1.165) is 57.2 Å². The minimum atomic E-state index is -0.0912. The number of imide groups is 1. The molecule has 1 aliphatic carbocycles. The van der Waals surface area contributed by atoms with E-state index in [2.05, 4.69) is 16.8 Å². The molecule has 0 N–H and O–H groups in total. The number of rotatable bonds is 4. The fourth-order valence-electron chi connectivity index (χ4n) is 5.32. The van der Waals surface area contributed by atoms with Crippen LogP contribution in [-0.2, 0) is 9.59 Å². The van der Waals surface area contributed by atoms with Crippen molar-refractivity contribution in [3.8, 4) is 0 Å². The molecular weight excluding hydrogens is 374 g/mol. The third kappa shape index (κ3) is 4.18. The van der Waals surface area contributed by atoms with Gasteiger partial charge in [0, 0.05) is 19.1 Å². The van der Waals surface area contributed by atoms with Crippen LogP contribution in [0.5, 0.6) is 0 Å². The van der Waals surface area contributed by atoms with Crippen LogP contribution in [0.15, 0.2) is 36.0 Å². The molecule has 162 valence electrons. The SMILES string of the molecule is CN1CCC(N(C)C2=C(c3ccccc3)C(=O)N(C3CCCCCCC3)C2=O)CC1. The summed E-state index contributed by atoms with van der Waals surface area (Å²) in [6.07, 6.45) is 9.78. The van der Waals surface area contributed by atoms with Crippen molar-refractivity contribution < 1.29 is 9.59 Å². The molecule has 1 aromatic rings. The molecule has 1 saturated heterocycles. The number of benzene rings is 1. The zero-order valence-electron chi connectivity index (χ0n) is 18.5. The molecule has 0 unspecified atom stereocenters. The second-order valence-corrected chi connectivity index (χ2v) is 9.21. The quantitative estimate of drug-likeness (QED) is 0.708. The lowest BCUT2D eigenvalue weighted by Gasteiger charge is -2.37. The third-order valence-corrected chi connectivity index (χ3v) is 7.18. The van der Waals surface area contributed by atoms with Gasteiger partial charge in [-0.15, -0.1) is 0 Å². The van der Waals surface area contributed by atoms with E-state index in [-0.39, 0.29) is 17.9 Å². The summed E-state index contributed by atoms with van der Waals surface area (Å²) >= 11 is 0. The number of hydrogen-bond donors (Lipinski definition) is 0. The van der Waals surface area contributed by atoms with Gasteiger partial charge in [-0.2, -0.15) is 0 Å². The van der Waals surface area contributed by atoms with E-state index in [1.807, 2.05) is 37.4 Å². The van der Waals surface area contributed by atoms with Crippen LogP contribution in [0.4, 0.5) is 0 Å². The maximum Gasteiger partial charge on any atom is 0.278 e. The molecule has 5 nitrogen and oxygen atoms in total. The highest BCUT2D eigenvalue weighted by Gasteiger charge is 2.45. The number of carbonyl (C=O) groups excluding carboxylic acids is 2. The first kappa shape index (κ1) is 21.1. The lowest BCUT2D eigenvalue weighted by atomic mass is 9.95. The molecule has 0 spiro atoms. The van der Waals surface area contributed by atoms with Crippen molar-refractivity contribution in [3.05, 3.63) is 41.6 Å². The van der Waals surface area contributed by atoms with Gasteiger partial charge in [-0.25, -0.2) is 0 Å². The first-order valence-electron chi connectivity index (χ1n) is 11.7. The van der Waals surface area contributed by atoms with Gasteiger partial charge in [-0.1, -0.05) is 62.4 Å². The smallest absolute Gasteiger partial charge is 0.278 e. The zero-order valence-corrected chi connectivity index (χ0v) is 18.5. The van der Waals surface area contributed by atoms with Crippen LogP contribution in [-0.4, -0.2) is 65.8 Å². The average Bonchev–Trinajstić information content (AvgIpc) is 2.99. The standard InChI is InChI=1S/C25H35N3O2/c1-26-17-15-20(16-18-26)27(2)23-22(19-11-7-6-8-12-19)24(29)28(25(23)30)21-13-9-4-3-5-10-14-21/h6-8,11-12,20-21H,3-5,9-10,13-18H2,1-2H3. The molecule has 0 aromatic heterocycles. The summed E-state index contributed by atoms with van der Waals surface area (Å²) in [6.45, 7) is 2.05. The van der Waals surface area contributed by atoms with Crippen molar-refractivity contribution in [2.45, 2.75) is 69.9 Å². The van der Waals surface area contributed by atoms with Crippen molar-refractivity contribution >= 4 is 17.4 Å². The summed E-state index contributed by atoms with van der Waals surface area (Å²) in [7, 11) is 4.16. The van der Waals surface area contributed by atoms with Gasteiger partial charge in [0.05, 0.1) is 5.57 Å². The molecule has 0 bridgehead atoms. The van der Waals surface area contributed by atoms with Gasteiger partial charge < -0.3 is 9.80 Å². The van der Waals surface area contributed by atoms with E-state index < -0.39 is 0 Å². The van der Waals surface area contributed by atoms with Crippen molar-refractivity contribution in [2.75, 3.05) is 27.2 Å². The predicted octanol–water partition coefficient (Wildman–Crippen LogP) is 3.91. The Hall–Kier alpha value is -2.14. The molecule has 2 fully saturated rings. The molecule has 1 aromatic carbocycles. The molecule has 2 heterocycles. The first-order valence-corrected chi connectivity index (χ1v) is 11.7. The fraction of sp³-hybridized carbons (Fsp3) is 0.600. The Kier molecular flexibility index (Phi) is 6.57. The topological polar surface area (TPSA) is 43.9 Å². The van der Waals surface area contributed by atoms with E-state index in [0.29, 0.717) is 17.3 Å². The van der Waals surface area contributed by atoms with Crippen molar-refractivity contribution in [1.82, 2.24) is 14.7 Å². The number of carbonyl (C=O) groups is 2. The second kappa shape index (κ2) is 9.34. The van der Waals surface area contributed by atoms with Gasteiger partial charge in [0.15, 0.2) is 0 Å². The van der Waals surface area contributed by atoms with Gasteiger partial charge in [0.1, 0.15) is 5.70 Å². The molecule has 30 heavy (non-hydrogen) atoms. The Balaban J connectivity index is 1.68. The number of likely N-dealkylation sites (N-methyl/N-ethyl adjacent to an activating group) is 1. The van der Waals surface area contributed by atoms with Crippen LogP contribution in [0.1, 0.15) is 63.4 Å². The average molecular weight is 410 g/mol. The van der Waals surface area contributed by atoms with Gasteiger partial charge in [0.25, 0.3) is 11.8 Å². The second-order valence-electron chi connectivity index (χ2n) is 9.21. The van der Waals surface area contributed by atoms with Crippen molar-refractivity contribution in [1.29, 1.82) is 0 Å². The van der Waals surface area contributed by atoms with Crippen molar-refractivity contribution in [3.63, 3.8) is 0 Å². The van der Waals surface area contributed by atoms with Gasteiger partial charge in [0.2, 0.25) is 0 Å². The van der Waals surface area contributed by atoms with Crippen LogP contribution >= 0.6 is 0 Å². The Labute approximate surface area is 180 Å². The molecule has 2 aliphatic heterocycles. The van der Waals surface area contributed by atoms with E-state index in [9.17, 15) is 9.59 Å². The monoisotopic (exact) mass is 409 g/mol. The van der Waals surface area contributed by atoms with E-state index in [4.69, 9.17) is 0 Å². The van der Waals surface area contributed by atoms with Crippen molar-refractivity contribution in [2.24, 2.45) is 0 Å². The van der Waals surface area contributed by atoms with Crippen LogP contribution in [0, 0.1) is 0 Å². The van der Waals surface area contributed by atoms with E-state index >= 15 is 0 Å². The molecule has 4 rings (SSSR count). The number of amides is 2. The molecule has 0 atom stereocenters. The highest BCUT2D eigenvalue weighted by atomic mass is 16.2. The Morgan fingerprint density at radius 3 is 2.07 bits per heavy atom. The van der Waals surface area contributed by atoms with Gasteiger partial charge in [-0.05, 0) is 51.4 Å². The zero-order chi connectivity index (χ0) is 21.1. The largest absolute Gasteiger partial charge is 0.366 e. The molecule has 0 radical (unpaired) electrons. The highest BCUT2D eigenvalue weighted by molar-refractivity contribution is 6.35. The molecule has 5 heteroatoms. The molecule has 2 amide bonds. The molecule has 1 saturated carbocycles. The maximum atomic E-state index is 13.7.